The molecular weight excluding hydrogens is 294 g/mol. The van der Waals surface area contributed by atoms with E-state index in [0.29, 0.717) is 18.8 Å². The van der Waals surface area contributed by atoms with Gasteiger partial charge in [0.15, 0.2) is 0 Å². The Morgan fingerprint density at radius 1 is 1.26 bits per heavy atom. The SMILES string of the molecule is CC.CC(C)C(=O)N(C)CCNC(=O)OCc1ccc(N)cc1.[HH].[HH]. The summed E-state index contributed by atoms with van der Waals surface area (Å²) >= 11 is 0. The lowest BCUT2D eigenvalue weighted by atomic mass is 10.2. The maximum Gasteiger partial charge on any atom is 0.407 e. The Bertz CT molecular complexity index is 483. The highest BCUT2D eigenvalue weighted by molar-refractivity contribution is 5.77. The van der Waals surface area contributed by atoms with Crippen LogP contribution < -0.4 is 11.1 Å². The van der Waals surface area contributed by atoms with Crippen molar-refractivity contribution in [2.75, 3.05) is 25.9 Å². The number of alkyl carbamates (subject to hydrolysis) is 1. The minimum atomic E-state index is -0.503. The fraction of sp³-hybridized carbons (Fsp3) is 0.529. The van der Waals surface area contributed by atoms with Gasteiger partial charge in [-0.2, -0.15) is 0 Å². The van der Waals surface area contributed by atoms with Crippen molar-refractivity contribution in [1.82, 2.24) is 10.2 Å². The third-order valence-electron chi connectivity index (χ3n) is 2.94. The van der Waals surface area contributed by atoms with Gasteiger partial charge in [-0.3, -0.25) is 4.79 Å². The van der Waals surface area contributed by atoms with Crippen molar-refractivity contribution in [3.63, 3.8) is 0 Å². The van der Waals surface area contributed by atoms with Gasteiger partial charge >= 0.3 is 6.09 Å². The molecule has 1 aromatic rings. The van der Waals surface area contributed by atoms with Gasteiger partial charge in [-0.15, -0.1) is 0 Å². The van der Waals surface area contributed by atoms with Gasteiger partial charge in [0.05, 0.1) is 0 Å². The van der Waals surface area contributed by atoms with Crippen LogP contribution in [0.15, 0.2) is 24.3 Å². The molecule has 6 nitrogen and oxygen atoms in total. The Labute approximate surface area is 142 Å². The Hall–Kier alpha value is -2.24. The summed E-state index contributed by atoms with van der Waals surface area (Å²) in [6.45, 7) is 8.68. The van der Waals surface area contributed by atoms with Crippen LogP contribution in [0, 0.1) is 5.92 Å². The van der Waals surface area contributed by atoms with Gasteiger partial charge in [-0.1, -0.05) is 39.8 Å². The molecule has 1 aromatic carbocycles. The second kappa shape index (κ2) is 11.3. The minimum Gasteiger partial charge on any atom is -0.445 e. The topological polar surface area (TPSA) is 84.7 Å². The zero-order chi connectivity index (χ0) is 17.8. The van der Waals surface area contributed by atoms with Crippen LogP contribution in [0.1, 0.15) is 36.1 Å². The fourth-order valence-electron chi connectivity index (χ4n) is 1.69. The molecule has 0 aromatic heterocycles. The molecule has 0 saturated carbocycles. The summed E-state index contributed by atoms with van der Waals surface area (Å²) in [6, 6.07) is 7.11. The number of amides is 2. The van der Waals surface area contributed by atoms with Crippen molar-refractivity contribution in [1.29, 1.82) is 0 Å². The molecule has 0 radical (unpaired) electrons. The van der Waals surface area contributed by atoms with Gasteiger partial charge in [0.1, 0.15) is 6.61 Å². The predicted octanol–water partition coefficient (Wildman–Crippen LogP) is 3.13. The number of ether oxygens (including phenoxy) is 1. The predicted molar refractivity (Wildman–Crippen MR) is 97.1 cm³/mol. The van der Waals surface area contributed by atoms with Crippen molar-refractivity contribution >= 4 is 17.7 Å². The monoisotopic (exact) mass is 327 g/mol. The Morgan fingerprint density at radius 3 is 2.35 bits per heavy atom. The van der Waals surface area contributed by atoms with E-state index in [0.717, 1.165) is 5.56 Å². The van der Waals surface area contributed by atoms with Crippen LogP contribution in [0.4, 0.5) is 10.5 Å². The standard InChI is InChI=1S/C15H23N3O3.C2H6.2H2/c1-11(2)14(19)18(3)9-8-17-15(20)21-10-12-4-6-13(16)7-5-12;1-2;;/h4-7,11H,8-10,16H2,1-3H3,(H,17,20);1-2H3;2*1H. The summed E-state index contributed by atoms with van der Waals surface area (Å²) in [7, 11) is 1.71. The Morgan fingerprint density at radius 2 is 1.83 bits per heavy atom. The van der Waals surface area contributed by atoms with Crippen LogP contribution in [0.3, 0.4) is 0 Å². The van der Waals surface area contributed by atoms with Crippen LogP contribution >= 0.6 is 0 Å². The number of hydrogen-bond donors (Lipinski definition) is 2. The molecule has 0 aliphatic rings. The third kappa shape index (κ3) is 8.70. The molecule has 0 atom stereocenters. The molecular formula is C17H33N3O3. The number of benzene rings is 1. The van der Waals surface area contributed by atoms with E-state index in [-0.39, 0.29) is 21.3 Å². The Kier molecular flexibility index (Phi) is 10.2. The van der Waals surface area contributed by atoms with Crippen LogP contribution in [0.5, 0.6) is 0 Å². The van der Waals surface area contributed by atoms with Crippen LogP contribution in [0.25, 0.3) is 0 Å². The lowest BCUT2D eigenvalue weighted by Gasteiger charge is -2.19. The molecule has 0 spiro atoms. The molecule has 0 aliphatic carbocycles. The molecule has 1 rings (SSSR count). The number of rotatable bonds is 6. The van der Waals surface area contributed by atoms with Crippen LogP contribution in [0.2, 0.25) is 0 Å². The van der Waals surface area contributed by atoms with Gasteiger partial charge in [0.25, 0.3) is 0 Å². The quantitative estimate of drug-likeness (QED) is 0.786. The first kappa shape index (κ1) is 20.8. The van der Waals surface area contributed by atoms with Crippen LogP contribution in [-0.4, -0.2) is 37.0 Å². The number of hydrogen-bond acceptors (Lipinski definition) is 4. The molecule has 6 heteroatoms. The molecule has 3 N–H and O–H groups in total. The van der Waals surface area contributed by atoms with Gasteiger partial charge in [-0.25, -0.2) is 4.79 Å². The first-order chi connectivity index (χ1) is 10.9. The molecule has 0 fully saturated rings. The van der Waals surface area contributed by atoms with Gasteiger partial charge in [0.2, 0.25) is 5.91 Å². The van der Waals surface area contributed by atoms with Crippen molar-refractivity contribution < 1.29 is 17.2 Å². The molecule has 0 aliphatic heterocycles. The van der Waals surface area contributed by atoms with E-state index in [1.807, 2.05) is 27.7 Å². The molecule has 0 saturated heterocycles. The summed E-state index contributed by atoms with van der Waals surface area (Å²) in [5, 5.41) is 2.61. The number of likely N-dealkylation sites (N-methyl/N-ethyl adjacent to an activating group) is 1. The summed E-state index contributed by atoms with van der Waals surface area (Å²) < 4.78 is 5.06. The van der Waals surface area contributed by atoms with E-state index in [1.54, 1.807) is 36.2 Å². The van der Waals surface area contributed by atoms with Crippen molar-refractivity contribution in [3.8, 4) is 0 Å². The average molecular weight is 327 g/mol. The molecule has 2 amide bonds. The smallest absolute Gasteiger partial charge is 0.407 e. The average Bonchev–Trinajstić information content (AvgIpc) is 2.55. The zero-order valence-electron chi connectivity index (χ0n) is 14.8. The lowest BCUT2D eigenvalue weighted by molar-refractivity contribution is -0.133. The molecule has 0 unspecified atom stereocenters. The van der Waals surface area contributed by atoms with Gasteiger partial charge in [0, 0.05) is 34.6 Å². The number of nitrogens with zero attached hydrogens (tertiary/aromatic N) is 1. The second-order valence-electron chi connectivity index (χ2n) is 5.16. The maximum atomic E-state index is 11.6. The van der Waals surface area contributed by atoms with E-state index in [4.69, 9.17) is 10.5 Å². The lowest BCUT2D eigenvalue weighted by Crippen LogP contribution is -2.38. The first-order valence-corrected chi connectivity index (χ1v) is 7.90. The third-order valence-corrected chi connectivity index (χ3v) is 2.94. The van der Waals surface area contributed by atoms with E-state index in [2.05, 4.69) is 5.32 Å². The van der Waals surface area contributed by atoms with Gasteiger partial charge in [-0.05, 0) is 17.7 Å². The highest BCUT2D eigenvalue weighted by atomic mass is 16.5. The van der Waals surface area contributed by atoms with Crippen molar-refractivity contribution in [2.45, 2.75) is 34.3 Å². The number of nitrogens with one attached hydrogen (secondary N) is 1. The van der Waals surface area contributed by atoms with Crippen LogP contribution in [-0.2, 0) is 16.1 Å². The summed E-state index contributed by atoms with van der Waals surface area (Å²) in [5.74, 6) is -0.000454. The normalized spacial score (nSPS) is 9.65. The molecule has 0 heterocycles. The largest absolute Gasteiger partial charge is 0.445 e. The van der Waals surface area contributed by atoms with E-state index in [9.17, 15) is 9.59 Å². The minimum absolute atomic E-state index is 0. The Balaban J connectivity index is -0.00000116. The second-order valence-corrected chi connectivity index (χ2v) is 5.16. The maximum absolute atomic E-state index is 11.6. The summed E-state index contributed by atoms with van der Waals surface area (Å²) in [5.41, 5.74) is 7.10. The van der Waals surface area contributed by atoms with E-state index in [1.165, 1.54) is 0 Å². The zero-order valence-corrected chi connectivity index (χ0v) is 14.8. The van der Waals surface area contributed by atoms with E-state index >= 15 is 0 Å². The molecule has 134 valence electrons. The molecule has 0 bridgehead atoms. The number of carbonyl (C=O) groups is 2. The first-order valence-electron chi connectivity index (χ1n) is 7.90. The van der Waals surface area contributed by atoms with E-state index < -0.39 is 6.09 Å². The van der Waals surface area contributed by atoms with Gasteiger partial charge < -0.3 is 20.7 Å². The molecule has 23 heavy (non-hydrogen) atoms. The van der Waals surface area contributed by atoms with Crippen molar-refractivity contribution in [3.05, 3.63) is 29.8 Å². The highest BCUT2D eigenvalue weighted by Gasteiger charge is 2.12. The number of anilines is 1. The highest BCUT2D eigenvalue weighted by Crippen LogP contribution is 2.06. The number of nitrogens with two attached hydrogens (primary N) is 1. The summed E-state index contributed by atoms with van der Waals surface area (Å²) in [6.07, 6.45) is -0.503. The van der Waals surface area contributed by atoms with Crippen molar-refractivity contribution in [2.24, 2.45) is 5.92 Å². The summed E-state index contributed by atoms with van der Waals surface area (Å²) in [4.78, 5) is 24.7. The number of nitrogen functional groups attached to an aromatic ring is 1. The fourth-order valence-corrected chi connectivity index (χ4v) is 1.69. The number of carbonyl (C=O) groups excluding carboxylic acids is 2.